The van der Waals surface area contributed by atoms with Crippen LogP contribution in [-0.2, 0) is 52.4 Å². The number of rotatable bonds is 31. The average molecular weight is 948 g/mol. The summed E-state index contributed by atoms with van der Waals surface area (Å²) in [5.74, 6) is -0.585. The molecule has 2 N–H and O–H groups in total. The van der Waals surface area contributed by atoms with Crippen LogP contribution >= 0.6 is 0 Å². The van der Waals surface area contributed by atoms with Crippen LogP contribution in [0.3, 0.4) is 0 Å². The third-order valence-corrected chi connectivity index (χ3v) is 15.1. The van der Waals surface area contributed by atoms with Gasteiger partial charge in [-0.1, -0.05) is 156 Å². The highest BCUT2D eigenvalue weighted by Crippen LogP contribution is 2.33. The Morgan fingerprint density at radius 2 is 0.776 bits per heavy atom. The molecule has 4 aliphatic rings. The van der Waals surface area contributed by atoms with Crippen LogP contribution in [0.4, 0.5) is 0 Å². The molecule has 0 aliphatic heterocycles. The Labute approximate surface area is 404 Å². The lowest BCUT2D eigenvalue weighted by molar-refractivity contribution is -0.181. The molecule has 0 aromatic carbocycles. The number of carbonyl (C=O) groups excluding carboxylic acids is 5. The van der Waals surface area contributed by atoms with Crippen molar-refractivity contribution in [3.8, 4) is 0 Å². The van der Waals surface area contributed by atoms with E-state index in [1.54, 1.807) is 0 Å². The summed E-state index contributed by atoms with van der Waals surface area (Å²) < 4.78 is 34.3. The number of esters is 5. The Morgan fingerprint density at radius 1 is 0.463 bits per heavy atom. The molecule has 0 bridgehead atoms. The van der Waals surface area contributed by atoms with Crippen LogP contribution in [0.5, 0.6) is 0 Å². The molecule has 0 amide bonds. The normalized spacial score (nSPS) is 21.2. The van der Waals surface area contributed by atoms with Crippen LogP contribution in [-0.4, -0.2) is 93.0 Å². The standard InChI is InChI=1S/C54H93NO12/c1-39(31-43-19-9-5-10-20-43)51(58)62-35-47(36-63-52(59)40(2)32-44-21-11-6-12-22-44)66-49(56)27-17-29-55-30-18-28-50(57)67-48(37-64-53(60)41(3)33-45-23-13-7-14-24-45)38-65-54(61)42(4)34-46-25-15-8-16-26-46/h39-48,51,55,58H,5-38H2,1-4H3. The fourth-order valence-corrected chi connectivity index (χ4v) is 11.0. The Bertz CT molecular complexity index is 1360. The summed E-state index contributed by atoms with van der Waals surface area (Å²) in [5.41, 5.74) is 0. The van der Waals surface area contributed by atoms with Gasteiger partial charge in [-0.3, -0.25) is 24.0 Å². The second-order valence-corrected chi connectivity index (χ2v) is 21.4. The quantitative estimate of drug-likeness (QED) is 0.0291. The van der Waals surface area contributed by atoms with Gasteiger partial charge in [-0.05, 0) is 75.3 Å². The first-order valence-electron chi connectivity index (χ1n) is 27.2. The Morgan fingerprint density at radius 3 is 1.12 bits per heavy atom. The number of hydrogen-bond acceptors (Lipinski definition) is 13. The molecule has 4 rings (SSSR count). The van der Waals surface area contributed by atoms with Gasteiger partial charge >= 0.3 is 29.8 Å². The molecule has 0 radical (unpaired) electrons. The molecule has 0 aromatic rings. The molecule has 0 saturated heterocycles. The van der Waals surface area contributed by atoms with Gasteiger partial charge in [0.25, 0.3) is 0 Å². The highest BCUT2D eigenvalue weighted by molar-refractivity contribution is 5.73. The van der Waals surface area contributed by atoms with E-state index in [1.807, 2.05) is 27.7 Å². The molecule has 0 heterocycles. The second kappa shape index (κ2) is 32.9. The lowest BCUT2D eigenvalue weighted by atomic mass is 9.83. The average Bonchev–Trinajstić information content (AvgIpc) is 3.33. The molecule has 6 unspecified atom stereocenters. The topological polar surface area (TPSA) is 173 Å². The van der Waals surface area contributed by atoms with E-state index in [1.165, 1.54) is 89.9 Å². The summed E-state index contributed by atoms with van der Waals surface area (Å²) in [7, 11) is 0. The van der Waals surface area contributed by atoms with Gasteiger partial charge in [-0.25, -0.2) is 0 Å². The molecule has 4 saturated carbocycles. The van der Waals surface area contributed by atoms with Crippen molar-refractivity contribution < 1.29 is 57.5 Å². The van der Waals surface area contributed by atoms with Gasteiger partial charge < -0.3 is 38.8 Å². The van der Waals surface area contributed by atoms with Gasteiger partial charge in [-0.2, -0.15) is 0 Å². The van der Waals surface area contributed by atoms with E-state index in [0.29, 0.717) is 49.6 Å². The predicted octanol–water partition coefficient (Wildman–Crippen LogP) is 10.4. The smallest absolute Gasteiger partial charge is 0.308 e. The summed E-state index contributed by atoms with van der Waals surface area (Å²) in [5, 5.41) is 14.1. The first kappa shape index (κ1) is 56.8. The Kier molecular flexibility index (Phi) is 27.9. The van der Waals surface area contributed by atoms with Gasteiger partial charge in [-0.15, -0.1) is 0 Å². The van der Waals surface area contributed by atoms with Gasteiger partial charge in [0, 0.05) is 18.8 Å². The molecule has 67 heavy (non-hydrogen) atoms. The van der Waals surface area contributed by atoms with Crippen molar-refractivity contribution >= 4 is 29.8 Å². The number of nitrogens with one attached hydrogen (secondary N) is 1. The predicted molar refractivity (Wildman–Crippen MR) is 257 cm³/mol. The summed E-state index contributed by atoms with van der Waals surface area (Å²) in [6.45, 7) is 8.10. The van der Waals surface area contributed by atoms with Gasteiger partial charge in [0.1, 0.15) is 19.8 Å². The van der Waals surface area contributed by atoms with Crippen molar-refractivity contribution in [1.82, 2.24) is 5.32 Å². The number of aliphatic hydroxyl groups excluding tert-OH is 1. The first-order valence-corrected chi connectivity index (χ1v) is 27.2. The van der Waals surface area contributed by atoms with Gasteiger partial charge in [0.15, 0.2) is 18.5 Å². The molecule has 13 nitrogen and oxygen atoms in total. The number of ether oxygens (including phenoxy) is 6. The molecule has 0 spiro atoms. The minimum absolute atomic E-state index is 0.0741. The van der Waals surface area contributed by atoms with Crippen molar-refractivity contribution in [3.63, 3.8) is 0 Å². The maximum atomic E-state index is 13.0. The van der Waals surface area contributed by atoms with E-state index in [0.717, 1.165) is 64.2 Å². The summed E-state index contributed by atoms with van der Waals surface area (Å²) in [6.07, 6.45) is 25.5. The van der Waals surface area contributed by atoms with Crippen molar-refractivity contribution in [2.75, 3.05) is 39.5 Å². The van der Waals surface area contributed by atoms with Crippen molar-refractivity contribution in [1.29, 1.82) is 0 Å². The van der Waals surface area contributed by atoms with Crippen molar-refractivity contribution in [3.05, 3.63) is 0 Å². The number of hydrogen-bond donors (Lipinski definition) is 2. The Hall–Kier alpha value is -2.77. The number of carbonyl (C=O) groups is 5. The molecular weight excluding hydrogens is 855 g/mol. The molecule has 386 valence electrons. The van der Waals surface area contributed by atoms with E-state index in [9.17, 15) is 29.1 Å². The maximum absolute atomic E-state index is 13.0. The molecule has 13 heteroatoms. The van der Waals surface area contributed by atoms with E-state index in [2.05, 4.69) is 5.32 Å². The van der Waals surface area contributed by atoms with Gasteiger partial charge in [0.2, 0.25) is 0 Å². The van der Waals surface area contributed by atoms with Crippen LogP contribution in [0, 0.1) is 47.3 Å². The minimum atomic E-state index is -1.01. The van der Waals surface area contributed by atoms with Gasteiger partial charge in [0.05, 0.1) is 24.4 Å². The lowest BCUT2D eigenvalue weighted by Gasteiger charge is -2.28. The monoisotopic (exact) mass is 948 g/mol. The second-order valence-electron chi connectivity index (χ2n) is 21.4. The molecule has 4 aliphatic carbocycles. The summed E-state index contributed by atoms with van der Waals surface area (Å²) in [4.78, 5) is 65.0. The highest BCUT2D eigenvalue weighted by Gasteiger charge is 2.29. The van der Waals surface area contributed by atoms with Crippen LogP contribution in [0.25, 0.3) is 0 Å². The van der Waals surface area contributed by atoms with Crippen LogP contribution in [0.2, 0.25) is 0 Å². The van der Waals surface area contributed by atoms with Crippen LogP contribution < -0.4 is 5.32 Å². The minimum Gasteiger partial charge on any atom is -0.461 e. The van der Waals surface area contributed by atoms with Crippen LogP contribution in [0.1, 0.15) is 207 Å². The van der Waals surface area contributed by atoms with Crippen molar-refractivity contribution in [2.45, 2.75) is 226 Å². The van der Waals surface area contributed by atoms with E-state index in [-0.39, 0.29) is 80.8 Å². The first-order chi connectivity index (χ1) is 32.4. The molecular formula is C54H93NO12. The zero-order valence-electron chi connectivity index (χ0n) is 42.3. The van der Waals surface area contributed by atoms with E-state index < -0.39 is 30.4 Å². The van der Waals surface area contributed by atoms with Crippen LogP contribution in [0.15, 0.2) is 0 Å². The van der Waals surface area contributed by atoms with E-state index in [4.69, 9.17) is 28.4 Å². The highest BCUT2D eigenvalue weighted by atomic mass is 16.6. The molecule has 0 aromatic heterocycles. The summed E-state index contributed by atoms with van der Waals surface area (Å²) >= 11 is 0. The third kappa shape index (κ3) is 24.1. The third-order valence-electron chi connectivity index (χ3n) is 15.1. The maximum Gasteiger partial charge on any atom is 0.308 e. The van der Waals surface area contributed by atoms with E-state index >= 15 is 0 Å². The summed E-state index contributed by atoms with van der Waals surface area (Å²) in [6, 6.07) is 0. The fraction of sp³-hybridized carbons (Fsp3) is 0.907. The zero-order chi connectivity index (χ0) is 48.2. The SMILES string of the molecule is CC(CC1CCCCC1)C(=O)OCC(COC(=O)C(C)CC1CCCCC1)OC(=O)CCCNCCCC(=O)OC(COC(=O)C(C)CC1CCCCC1)COC(O)C(C)CC1CCCCC1. The molecule has 4 fully saturated rings. The number of aliphatic hydroxyl groups is 1. The fourth-order valence-electron chi connectivity index (χ4n) is 11.0. The zero-order valence-corrected chi connectivity index (χ0v) is 42.3. The molecule has 6 atom stereocenters. The lowest BCUT2D eigenvalue weighted by Crippen LogP contribution is -2.34. The largest absolute Gasteiger partial charge is 0.461 e. The Balaban J connectivity index is 1.17. The van der Waals surface area contributed by atoms with Crippen molar-refractivity contribution in [2.24, 2.45) is 47.3 Å².